The Kier molecular flexibility index (Phi) is 2.77. The Morgan fingerprint density at radius 3 is 2.93 bits per heavy atom. The average molecular weight is 229 g/mol. The van der Waals surface area contributed by atoms with Crippen molar-refractivity contribution in [3.05, 3.63) is 16.9 Å². The Bertz CT molecular complexity index is 344. The molecule has 0 amide bonds. The van der Waals surface area contributed by atoms with E-state index in [1.165, 1.54) is 0 Å². The largest absolute Gasteiger partial charge is 0.384 e. The van der Waals surface area contributed by atoms with Crippen LogP contribution in [0.2, 0.25) is 5.02 Å². The molecule has 2 unspecified atom stereocenters. The molecular weight excluding hydrogens is 212 g/mol. The van der Waals surface area contributed by atoms with Gasteiger partial charge in [-0.05, 0) is 25.2 Å². The van der Waals surface area contributed by atoms with Crippen LogP contribution in [0.5, 0.6) is 0 Å². The van der Waals surface area contributed by atoms with Crippen LogP contribution in [0.3, 0.4) is 0 Å². The quantitative estimate of drug-likeness (QED) is 0.845. The molecular formula is C11H17ClN2O. The van der Waals surface area contributed by atoms with Gasteiger partial charge in [0.1, 0.15) is 5.60 Å². The molecule has 4 heteroatoms. The summed E-state index contributed by atoms with van der Waals surface area (Å²) in [6, 6.07) is 0. The van der Waals surface area contributed by atoms with Gasteiger partial charge in [-0.2, -0.15) is 5.10 Å². The summed E-state index contributed by atoms with van der Waals surface area (Å²) in [6.07, 6.45) is 5.41. The van der Waals surface area contributed by atoms with E-state index in [1.807, 2.05) is 7.05 Å². The van der Waals surface area contributed by atoms with E-state index in [2.05, 4.69) is 12.0 Å². The number of aromatic nitrogens is 2. The molecule has 1 aliphatic carbocycles. The Hall–Kier alpha value is -0.540. The van der Waals surface area contributed by atoms with Gasteiger partial charge in [0.05, 0.1) is 16.9 Å². The topological polar surface area (TPSA) is 38.1 Å². The van der Waals surface area contributed by atoms with Crippen LogP contribution in [0.15, 0.2) is 6.20 Å². The summed E-state index contributed by atoms with van der Waals surface area (Å²) in [5.41, 5.74) is 0.0170. The lowest BCUT2D eigenvalue weighted by Crippen LogP contribution is -2.25. The first-order valence-electron chi connectivity index (χ1n) is 5.47. The monoisotopic (exact) mass is 228 g/mol. The molecule has 1 N–H and O–H groups in total. The van der Waals surface area contributed by atoms with Crippen molar-refractivity contribution < 1.29 is 5.11 Å². The van der Waals surface area contributed by atoms with Crippen LogP contribution in [0.1, 0.15) is 38.3 Å². The first kappa shape index (κ1) is 11.0. The third-order valence-electron chi connectivity index (χ3n) is 3.50. The highest BCUT2D eigenvalue weighted by Gasteiger charge is 2.41. The summed E-state index contributed by atoms with van der Waals surface area (Å²) in [5.74, 6) is 0.612. The lowest BCUT2D eigenvalue weighted by molar-refractivity contribution is 0.0316. The Morgan fingerprint density at radius 2 is 2.47 bits per heavy atom. The maximum atomic E-state index is 10.6. The predicted molar refractivity (Wildman–Crippen MR) is 59.7 cm³/mol. The molecule has 0 radical (unpaired) electrons. The molecule has 0 saturated heterocycles. The van der Waals surface area contributed by atoms with Gasteiger partial charge in [0.15, 0.2) is 0 Å². The summed E-state index contributed by atoms with van der Waals surface area (Å²) in [6.45, 7) is 2.17. The van der Waals surface area contributed by atoms with Crippen LogP contribution >= 0.6 is 11.6 Å². The predicted octanol–water partition coefficient (Wildman–Crippen LogP) is 2.47. The van der Waals surface area contributed by atoms with E-state index >= 15 is 0 Å². The standard InChI is InChI=1S/C11H17ClN2O/c1-3-8-4-5-11(15,6-8)10-9(12)7-13-14(10)2/h7-8,15H,3-6H2,1-2H3. The fourth-order valence-electron chi connectivity index (χ4n) is 2.62. The average Bonchev–Trinajstić information content (AvgIpc) is 2.72. The lowest BCUT2D eigenvalue weighted by atomic mass is 9.95. The summed E-state index contributed by atoms with van der Waals surface area (Å²) < 4.78 is 1.69. The van der Waals surface area contributed by atoms with Crippen molar-refractivity contribution >= 4 is 11.6 Å². The molecule has 3 nitrogen and oxygen atoms in total. The third-order valence-corrected chi connectivity index (χ3v) is 3.78. The lowest BCUT2D eigenvalue weighted by Gasteiger charge is -2.23. The van der Waals surface area contributed by atoms with Crippen molar-refractivity contribution in [2.45, 2.75) is 38.2 Å². The van der Waals surface area contributed by atoms with Gasteiger partial charge in [-0.1, -0.05) is 24.9 Å². The maximum Gasteiger partial charge on any atom is 0.108 e. The van der Waals surface area contributed by atoms with Crippen LogP contribution in [0, 0.1) is 5.92 Å². The molecule has 1 aromatic heterocycles. The summed E-state index contributed by atoms with van der Waals surface area (Å²) in [5, 5.41) is 15.2. The van der Waals surface area contributed by atoms with Crippen molar-refractivity contribution in [3.63, 3.8) is 0 Å². The van der Waals surface area contributed by atoms with Crippen LogP contribution < -0.4 is 0 Å². The normalized spacial score (nSPS) is 31.1. The van der Waals surface area contributed by atoms with Crippen LogP contribution in [-0.4, -0.2) is 14.9 Å². The van der Waals surface area contributed by atoms with Gasteiger partial charge < -0.3 is 5.11 Å². The van der Waals surface area contributed by atoms with Gasteiger partial charge in [0.2, 0.25) is 0 Å². The second-order valence-electron chi connectivity index (χ2n) is 4.51. The Morgan fingerprint density at radius 1 is 1.73 bits per heavy atom. The van der Waals surface area contributed by atoms with Crippen LogP contribution in [-0.2, 0) is 12.6 Å². The molecule has 0 aliphatic heterocycles. The second-order valence-corrected chi connectivity index (χ2v) is 4.92. The molecule has 0 bridgehead atoms. The highest BCUT2D eigenvalue weighted by Crippen LogP contribution is 2.45. The molecule has 2 rings (SSSR count). The van der Waals surface area contributed by atoms with E-state index in [9.17, 15) is 5.11 Å². The summed E-state index contributed by atoms with van der Waals surface area (Å²) >= 11 is 6.06. The number of nitrogens with zero attached hydrogens (tertiary/aromatic N) is 2. The van der Waals surface area contributed by atoms with Gasteiger partial charge in [0.25, 0.3) is 0 Å². The van der Waals surface area contributed by atoms with E-state index in [0.29, 0.717) is 10.9 Å². The highest BCUT2D eigenvalue weighted by atomic mass is 35.5. The minimum absolute atomic E-state index is 0.580. The van der Waals surface area contributed by atoms with E-state index in [1.54, 1.807) is 10.9 Å². The second kappa shape index (κ2) is 3.80. The highest BCUT2D eigenvalue weighted by molar-refractivity contribution is 6.31. The Balaban J connectivity index is 2.31. The Labute approximate surface area is 95.0 Å². The molecule has 2 atom stereocenters. The minimum atomic E-state index is -0.761. The number of hydrogen-bond donors (Lipinski definition) is 1. The fraction of sp³-hybridized carbons (Fsp3) is 0.727. The SMILES string of the molecule is CCC1CCC(O)(c2c(Cl)cnn2C)C1. The molecule has 84 valence electrons. The zero-order chi connectivity index (χ0) is 11.1. The van der Waals surface area contributed by atoms with Gasteiger partial charge in [0, 0.05) is 7.05 Å². The first-order valence-corrected chi connectivity index (χ1v) is 5.85. The number of rotatable bonds is 2. The van der Waals surface area contributed by atoms with E-state index < -0.39 is 5.60 Å². The van der Waals surface area contributed by atoms with Gasteiger partial charge in [-0.3, -0.25) is 4.68 Å². The third kappa shape index (κ3) is 1.79. The summed E-state index contributed by atoms with van der Waals surface area (Å²) in [7, 11) is 1.83. The van der Waals surface area contributed by atoms with E-state index in [4.69, 9.17) is 11.6 Å². The van der Waals surface area contributed by atoms with Gasteiger partial charge in [-0.15, -0.1) is 0 Å². The summed E-state index contributed by atoms with van der Waals surface area (Å²) in [4.78, 5) is 0. The number of aliphatic hydroxyl groups is 1. The minimum Gasteiger partial charge on any atom is -0.384 e. The first-order chi connectivity index (χ1) is 7.07. The van der Waals surface area contributed by atoms with Gasteiger partial charge >= 0.3 is 0 Å². The maximum absolute atomic E-state index is 10.6. The number of halogens is 1. The van der Waals surface area contributed by atoms with Gasteiger partial charge in [-0.25, -0.2) is 0 Å². The molecule has 1 saturated carbocycles. The van der Waals surface area contributed by atoms with Crippen molar-refractivity contribution in [2.24, 2.45) is 13.0 Å². The van der Waals surface area contributed by atoms with E-state index in [-0.39, 0.29) is 0 Å². The molecule has 0 spiro atoms. The fourth-order valence-corrected chi connectivity index (χ4v) is 2.96. The molecule has 1 aromatic rings. The van der Waals surface area contributed by atoms with Crippen LogP contribution in [0.4, 0.5) is 0 Å². The van der Waals surface area contributed by atoms with Crippen molar-refractivity contribution in [3.8, 4) is 0 Å². The van der Waals surface area contributed by atoms with Crippen molar-refractivity contribution in [1.82, 2.24) is 9.78 Å². The smallest absolute Gasteiger partial charge is 0.108 e. The van der Waals surface area contributed by atoms with Crippen molar-refractivity contribution in [1.29, 1.82) is 0 Å². The van der Waals surface area contributed by atoms with Crippen molar-refractivity contribution in [2.75, 3.05) is 0 Å². The van der Waals surface area contributed by atoms with E-state index in [0.717, 1.165) is 31.4 Å². The molecule has 15 heavy (non-hydrogen) atoms. The van der Waals surface area contributed by atoms with Crippen LogP contribution in [0.25, 0.3) is 0 Å². The molecule has 1 heterocycles. The number of hydrogen-bond acceptors (Lipinski definition) is 2. The molecule has 0 aromatic carbocycles. The molecule has 1 fully saturated rings. The number of aryl methyl sites for hydroxylation is 1. The zero-order valence-corrected chi connectivity index (χ0v) is 9.96. The zero-order valence-electron chi connectivity index (χ0n) is 9.20. The molecule has 1 aliphatic rings.